The van der Waals surface area contributed by atoms with E-state index in [1.165, 1.54) is 18.7 Å². The Hall–Kier alpha value is -1.32. The van der Waals surface area contributed by atoms with Gasteiger partial charge < -0.3 is 19.5 Å². The number of nitrogens with zero attached hydrogens (tertiary/aromatic N) is 6. The van der Waals surface area contributed by atoms with Gasteiger partial charge in [0.2, 0.25) is 0 Å². The average Bonchev–Trinajstić information content (AvgIpc) is 3.30. The van der Waals surface area contributed by atoms with E-state index in [1.807, 2.05) is 30.3 Å². The van der Waals surface area contributed by atoms with Gasteiger partial charge in [-0.2, -0.15) is 11.8 Å². The lowest BCUT2D eigenvalue weighted by Gasteiger charge is -2.29. The van der Waals surface area contributed by atoms with Crippen LogP contribution in [0.4, 0.5) is 0 Å². The highest BCUT2D eigenvalue weighted by molar-refractivity contribution is 7.98. The first kappa shape index (κ1) is 21.4. The summed E-state index contributed by atoms with van der Waals surface area (Å²) in [5.41, 5.74) is 0. The van der Waals surface area contributed by atoms with Crippen LogP contribution in [0.5, 0.6) is 0 Å². The Labute approximate surface area is 173 Å². The van der Waals surface area contributed by atoms with Crippen molar-refractivity contribution in [1.82, 2.24) is 29.9 Å². The third-order valence-corrected chi connectivity index (χ3v) is 6.26. The highest BCUT2D eigenvalue weighted by Gasteiger charge is 2.27. The maximum atomic E-state index is 5.48. The lowest BCUT2D eigenvalue weighted by atomic mass is 10.1. The largest absolute Gasteiger partial charge is 0.379 e. The van der Waals surface area contributed by atoms with Gasteiger partial charge in [-0.25, -0.2) is 4.99 Å². The standard InChI is InChI=1S/C19H35N7OS/c1-16-22-23-18(24(16)2)13-21-19(20-6-4-12-28-3)26-7-5-17(15-26)14-25-8-10-27-11-9-25/h17H,4-15H2,1-3H3,(H,20,21). The summed E-state index contributed by atoms with van der Waals surface area (Å²) >= 11 is 1.89. The second kappa shape index (κ2) is 11.0. The maximum Gasteiger partial charge on any atom is 0.194 e. The zero-order valence-corrected chi connectivity index (χ0v) is 18.4. The van der Waals surface area contributed by atoms with Gasteiger partial charge in [0.1, 0.15) is 12.4 Å². The summed E-state index contributed by atoms with van der Waals surface area (Å²) in [6.07, 6.45) is 4.53. The van der Waals surface area contributed by atoms with Crippen LogP contribution in [-0.2, 0) is 18.3 Å². The molecule has 1 aromatic rings. The molecule has 0 saturated carbocycles. The highest BCUT2D eigenvalue weighted by atomic mass is 32.2. The van der Waals surface area contributed by atoms with Gasteiger partial charge in [0.25, 0.3) is 0 Å². The number of ether oxygens (including phenoxy) is 1. The van der Waals surface area contributed by atoms with Crippen LogP contribution < -0.4 is 5.32 Å². The van der Waals surface area contributed by atoms with Crippen LogP contribution in [0.15, 0.2) is 4.99 Å². The van der Waals surface area contributed by atoms with Crippen molar-refractivity contribution in [3.05, 3.63) is 11.6 Å². The molecule has 1 atom stereocenters. The van der Waals surface area contributed by atoms with Crippen molar-refractivity contribution < 1.29 is 4.74 Å². The Morgan fingerprint density at radius 3 is 2.82 bits per heavy atom. The predicted octanol–water partition coefficient (Wildman–Crippen LogP) is 0.976. The normalized spacial score (nSPS) is 21.5. The first-order valence-corrected chi connectivity index (χ1v) is 11.7. The van der Waals surface area contributed by atoms with Crippen LogP contribution in [0.25, 0.3) is 0 Å². The summed E-state index contributed by atoms with van der Waals surface area (Å²) in [5.74, 6) is 4.72. The molecule has 3 rings (SSSR count). The molecule has 2 aliphatic heterocycles. The van der Waals surface area contributed by atoms with Gasteiger partial charge in [-0.05, 0) is 37.7 Å². The number of aliphatic imine (C=N–C) groups is 1. The van der Waals surface area contributed by atoms with E-state index in [1.54, 1.807) is 0 Å². The number of nitrogens with one attached hydrogen (secondary N) is 1. The smallest absolute Gasteiger partial charge is 0.194 e. The minimum atomic E-state index is 0.562. The van der Waals surface area contributed by atoms with E-state index in [9.17, 15) is 0 Å². The average molecular weight is 410 g/mol. The van der Waals surface area contributed by atoms with E-state index in [0.29, 0.717) is 12.5 Å². The van der Waals surface area contributed by atoms with Crippen LogP contribution in [0.1, 0.15) is 24.5 Å². The van der Waals surface area contributed by atoms with Crippen molar-refractivity contribution in [3.63, 3.8) is 0 Å². The van der Waals surface area contributed by atoms with E-state index in [2.05, 4.69) is 31.6 Å². The summed E-state index contributed by atoms with van der Waals surface area (Å²) in [4.78, 5) is 9.87. The fraction of sp³-hybridized carbons (Fsp3) is 0.842. The molecule has 0 amide bonds. The van der Waals surface area contributed by atoms with Gasteiger partial charge in [-0.15, -0.1) is 10.2 Å². The molecule has 2 saturated heterocycles. The second-order valence-corrected chi connectivity index (χ2v) is 8.63. The van der Waals surface area contributed by atoms with Gasteiger partial charge in [-0.1, -0.05) is 0 Å². The molecular formula is C19H35N7OS. The number of aromatic nitrogens is 3. The van der Waals surface area contributed by atoms with Gasteiger partial charge in [-0.3, -0.25) is 4.90 Å². The monoisotopic (exact) mass is 409 g/mol. The Morgan fingerprint density at radius 1 is 1.29 bits per heavy atom. The Morgan fingerprint density at radius 2 is 2.11 bits per heavy atom. The number of aryl methyl sites for hydroxylation is 1. The molecule has 8 nitrogen and oxygen atoms in total. The molecule has 0 radical (unpaired) electrons. The van der Waals surface area contributed by atoms with E-state index < -0.39 is 0 Å². The van der Waals surface area contributed by atoms with Crippen LogP contribution in [-0.4, -0.2) is 95.0 Å². The van der Waals surface area contributed by atoms with Crippen LogP contribution in [0.2, 0.25) is 0 Å². The summed E-state index contributed by atoms with van der Waals surface area (Å²) in [6.45, 7) is 10.7. The molecule has 9 heteroatoms. The highest BCUT2D eigenvalue weighted by Crippen LogP contribution is 2.18. The van der Waals surface area contributed by atoms with Crippen molar-refractivity contribution in [2.24, 2.45) is 18.0 Å². The van der Waals surface area contributed by atoms with Crippen molar-refractivity contribution in [2.75, 3.05) is 64.5 Å². The number of hydrogen-bond acceptors (Lipinski definition) is 6. The minimum Gasteiger partial charge on any atom is -0.379 e. The number of likely N-dealkylation sites (tertiary alicyclic amines) is 1. The molecule has 2 fully saturated rings. The molecule has 1 aromatic heterocycles. The summed E-state index contributed by atoms with van der Waals surface area (Å²) in [5, 5.41) is 12.0. The van der Waals surface area contributed by atoms with Gasteiger partial charge in [0.15, 0.2) is 11.8 Å². The summed E-state index contributed by atoms with van der Waals surface area (Å²) in [7, 11) is 2.00. The lowest BCUT2D eigenvalue weighted by molar-refractivity contribution is 0.0315. The topological polar surface area (TPSA) is 70.8 Å². The van der Waals surface area contributed by atoms with E-state index in [-0.39, 0.29) is 0 Å². The Kier molecular flexibility index (Phi) is 8.42. The van der Waals surface area contributed by atoms with Crippen LogP contribution in [0.3, 0.4) is 0 Å². The van der Waals surface area contributed by atoms with Crippen molar-refractivity contribution in [2.45, 2.75) is 26.3 Å². The Balaban J connectivity index is 1.57. The predicted molar refractivity (Wildman–Crippen MR) is 115 cm³/mol. The van der Waals surface area contributed by atoms with Crippen molar-refractivity contribution in [3.8, 4) is 0 Å². The lowest BCUT2D eigenvalue weighted by Crippen LogP contribution is -2.42. The number of rotatable bonds is 8. The van der Waals surface area contributed by atoms with Crippen LogP contribution in [0, 0.1) is 12.8 Å². The van der Waals surface area contributed by atoms with Gasteiger partial charge >= 0.3 is 0 Å². The molecule has 3 heterocycles. The van der Waals surface area contributed by atoms with E-state index in [0.717, 1.165) is 70.0 Å². The molecular weight excluding hydrogens is 374 g/mol. The van der Waals surface area contributed by atoms with E-state index in [4.69, 9.17) is 9.73 Å². The third-order valence-electron chi connectivity index (χ3n) is 5.57. The van der Waals surface area contributed by atoms with Gasteiger partial charge in [0, 0.05) is 46.3 Å². The summed E-state index contributed by atoms with van der Waals surface area (Å²) in [6, 6.07) is 0. The molecule has 0 bridgehead atoms. The van der Waals surface area contributed by atoms with E-state index >= 15 is 0 Å². The third kappa shape index (κ3) is 6.09. The molecule has 28 heavy (non-hydrogen) atoms. The second-order valence-electron chi connectivity index (χ2n) is 7.65. The SMILES string of the molecule is CSCCCNC(=NCc1nnc(C)n1C)N1CCC(CN2CCOCC2)C1. The molecule has 0 aliphatic carbocycles. The molecule has 1 unspecified atom stereocenters. The summed E-state index contributed by atoms with van der Waals surface area (Å²) < 4.78 is 7.49. The number of morpholine rings is 1. The molecule has 0 aromatic carbocycles. The van der Waals surface area contributed by atoms with Gasteiger partial charge in [0.05, 0.1) is 13.2 Å². The van der Waals surface area contributed by atoms with Crippen LogP contribution >= 0.6 is 11.8 Å². The van der Waals surface area contributed by atoms with Crippen molar-refractivity contribution in [1.29, 1.82) is 0 Å². The number of thioether (sulfide) groups is 1. The Bertz CT molecular complexity index is 630. The zero-order valence-electron chi connectivity index (χ0n) is 17.6. The fourth-order valence-electron chi connectivity index (χ4n) is 3.74. The fourth-order valence-corrected chi connectivity index (χ4v) is 4.17. The first-order valence-electron chi connectivity index (χ1n) is 10.3. The number of hydrogen-bond donors (Lipinski definition) is 1. The quantitative estimate of drug-likeness (QED) is 0.390. The molecule has 0 spiro atoms. The minimum absolute atomic E-state index is 0.562. The molecule has 158 valence electrons. The zero-order chi connectivity index (χ0) is 19.8. The number of guanidine groups is 1. The first-order chi connectivity index (χ1) is 13.7. The molecule has 2 aliphatic rings. The molecule has 1 N–H and O–H groups in total. The van der Waals surface area contributed by atoms with Crippen molar-refractivity contribution >= 4 is 17.7 Å². The maximum absolute atomic E-state index is 5.48.